The number of quaternary nitrogens is 2. The van der Waals surface area contributed by atoms with Crippen LogP contribution in [0.5, 0.6) is 57.5 Å². The Hall–Kier alpha value is -6.23. The SMILES string of the molecule is COc1cc2c(cc1OC)[C@@H](c1cc(OC)c(OC)c(OC)c1)[N@+](C)(CCCOC(=O)/C=C(\Cl)C(=O)OCCC[N@+]1(C)CCc3cc(OC)c(OC)cc3[C@H]1Cc1cc(OC)c(OC)c(OC)c1)CC2. The minimum absolute atomic E-state index is 0.0244. The quantitative estimate of drug-likeness (QED) is 0.0308. The maximum atomic E-state index is 13.1. The van der Waals surface area contributed by atoms with Crippen molar-refractivity contribution in [1.29, 1.82) is 0 Å². The third-order valence-corrected chi connectivity index (χ3v) is 14.1. The molecule has 4 atom stereocenters. The van der Waals surface area contributed by atoms with Crippen LogP contribution in [0.4, 0.5) is 0 Å². The second-order valence-electron chi connectivity index (χ2n) is 17.8. The fourth-order valence-corrected chi connectivity index (χ4v) is 10.3. The van der Waals surface area contributed by atoms with E-state index in [2.05, 4.69) is 26.2 Å². The average molecular weight is 994 g/mol. The highest BCUT2D eigenvalue weighted by Gasteiger charge is 2.43. The summed E-state index contributed by atoms with van der Waals surface area (Å²) < 4.78 is 69.4. The molecular weight excluding hydrogens is 924 g/mol. The molecule has 16 nitrogen and oxygen atoms in total. The molecule has 0 unspecified atom stereocenters. The third kappa shape index (κ3) is 11.3. The van der Waals surface area contributed by atoms with Gasteiger partial charge in [0.2, 0.25) is 11.5 Å². The fraction of sp³-hybridized carbons (Fsp3) is 0.472. The van der Waals surface area contributed by atoms with Crippen LogP contribution >= 0.6 is 11.6 Å². The Kier molecular flexibility index (Phi) is 17.9. The molecular formula is C53H69ClN2O14+2. The van der Waals surface area contributed by atoms with Crippen molar-refractivity contribution in [2.24, 2.45) is 0 Å². The molecule has 4 aromatic carbocycles. The Bertz CT molecular complexity index is 2480. The molecule has 6 rings (SSSR count). The Morgan fingerprint density at radius 1 is 0.543 bits per heavy atom. The summed E-state index contributed by atoms with van der Waals surface area (Å²) in [5.74, 6) is 4.29. The molecule has 0 N–H and O–H groups in total. The zero-order valence-electron chi connectivity index (χ0n) is 42.6. The van der Waals surface area contributed by atoms with Gasteiger partial charge in [0, 0.05) is 54.9 Å². The highest BCUT2D eigenvalue weighted by molar-refractivity contribution is 6.42. The van der Waals surface area contributed by atoms with Crippen molar-refractivity contribution in [1.82, 2.24) is 0 Å². The van der Waals surface area contributed by atoms with Gasteiger partial charge in [-0.15, -0.1) is 0 Å². The summed E-state index contributed by atoms with van der Waals surface area (Å²) in [6.45, 7) is 3.09. The lowest BCUT2D eigenvalue weighted by atomic mass is 9.85. The average Bonchev–Trinajstić information content (AvgIpc) is 3.37. The van der Waals surface area contributed by atoms with Crippen LogP contribution in [0.1, 0.15) is 58.3 Å². The highest BCUT2D eigenvalue weighted by Crippen LogP contribution is 2.49. The van der Waals surface area contributed by atoms with E-state index in [9.17, 15) is 9.59 Å². The van der Waals surface area contributed by atoms with Crippen LogP contribution in [0.25, 0.3) is 0 Å². The summed E-state index contributed by atoms with van der Waals surface area (Å²) in [6, 6.07) is 15.9. The van der Waals surface area contributed by atoms with Crippen LogP contribution < -0.4 is 47.4 Å². The summed E-state index contributed by atoms with van der Waals surface area (Å²) >= 11 is 6.36. The van der Waals surface area contributed by atoms with Gasteiger partial charge in [0.15, 0.2) is 46.0 Å². The van der Waals surface area contributed by atoms with Crippen LogP contribution in [-0.2, 0) is 38.3 Å². The first kappa shape index (κ1) is 53.1. The van der Waals surface area contributed by atoms with E-state index in [4.69, 9.17) is 68.4 Å². The minimum Gasteiger partial charge on any atom is -0.493 e. The number of fused-ring (bicyclic) bond motifs is 2. The van der Waals surface area contributed by atoms with E-state index in [1.165, 1.54) is 5.56 Å². The molecule has 0 aromatic heterocycles. The number of carbonyl (C=O) groups excluding carboxylic acids is 2. The molecule has 0 aliphatic carbocycles. The number of hydrogen-bond acceptors (Lipinski definition) is 14. The number of ether oxygens (including phenoxy) is 12. The number of carbonyl (C=O) groups is 2. The largest absolute Gasteiger partial charge is 0.493 e. The molecule has 380 valence electrons. The van der Waals surface area contributed by atoms with Gasteiger partial charge in [0.05, 0.1) is 125 Å². The van der Waals surface area contributed by atoms with E-state index in [-0.39, 0.29) is 30.3 Å². The smallest absolute Gasteiger partial charge is 0.350 e. The fourth-order valence-electron chi connectivity index (χ4n) is 10.2. The zero-order chi connectivity index (χ0) is 50.8. The number of esters is 2. The molecule has 4 aromatic rings. The van der Waals surface area contributed by atoms with Gasteiger partial charge < -0.3 is 65.8 Å². The molecule has 2 aliphatic heterocycles. The van der Waals surface area contributed by atoms with Crippen molar-refractivity contribution in [3.63, 3.8) is 0 Å². The molecule has 0 saturated carbocycles. The van der Waals surface area contributed by atoms with E-state index in [0.29, 0.717) is 98.8 Å². The van der Waals surface area contributed by atoms with Crippen molar-refractivity contribution in [3.8, 4) is 57.5 Å². The topological polar surface area (TPSA) is 145 Å². The van der Waals surface area contributed by atoms with Crippen LogP contribution in [0.3, 0.4) is 0 Å². The van der Waals surface area contributed by atoms with Gasteiger partial charge in [0.1, 0.15) is 17.1 Å². The maximum absolute atomic E-state index is 13.1. The number of rotatable bonds is 23. The Labute approximate surface area is 416 Å². The summed E-state index contributed by atoms with van der Waals surface area (Å²) in [4.78, 5) is 26.1. The zero-order valence-corrected chi connectivity index (χ0v) is 43.4. The van der Waals surface area contributed by atoms with E-state index in [1.807, 2.05) is 36.4 Å². The first-order valence-corrected chi connectivity index (χ1v) is 23.5. The molecule has 2 aliphatic rings. The Balaban J connectivity index is 1.10. The summed E-state index contributed by atoms with van der Waals surface area (Å²) in [5, 5.41) is -0.364. The van der Waals surface area contributed by atoms with E-state index < -0.39 is 11.9 Å². The molecule has 70 heavy (non-hydrogen) atoms. The lowest BCUT2D eigenvalue weighted by Crippen LogP contribution is -2.52. The van der Waals surface area contributed by atoms with Crippen LogP contribution in [-0.4, -0.2) is 145 Å². The van der Waals surface area contributed by atoms with Crippen molar-refractivity contribution in [3.05, 3.63) is 93.0 Å². The molecule has 2 heterocycles. The predicted octanol–water partition coefficient (Wildman–Crippen LogP) is 7.84. The molecule has 17 heteroatoms. The van der Waals surface area contributed by atoms with Gasteiger partial charge >= 0.3 is 11.9 Å². The number of hydrogen-bond donors (Lipinski definition) is 0. The molecule has 0 bridgehead atoms. The van der Waals surface area contributed by atoms with Gasteiger partial charge in [-0.25, -0.2) is 9.59 Å². The van der Waals surface area contributed by atoms with Gasteiger partial charge in [-0.1, -0.05) is 11.6 Å². The first-order chi connectivity index (χ1) is 33.7. The van der Waals surface area contributed by atoms with Crippen molar-refractivity contribution in [2.45, 2.75) is 44.2 Å². The Morgan fingerprint density at radius 2 is 0.971 bits per heavy atom. The van der Waals surface area contributed by atoms with Crippen molar-refractivity contribution < 1.29 is 75.4 Å². The van der Waals surface area contributed by atoms with E-state index in [0.717, 1.165) is 59.8 Å². The van der Waals surface area contributed by atoms with Crippen LogP contribution in [0.15, 0.2) is 59.6 Å². The lowest BCUT2D eigenvalue weighted by Gasteiger charge is -2.46. The van der Waals surface area contributed by atoms with Gasteiger partial charge in [-0.2, -0.15) is 0 Å². The molecule has 0 fully saturated rings. The molecule has 0 radical (unpaired) electrons. The monoisotopic (exact) mass is 992 g/mol. The van der Waals surface area contributed by atoms with Crippen LogP contribution in [0.2, 0.25) is 0 Å². The second-order valence-corrected chi connectivity index (χ2v) is 18.2. The number of nitrogens with zero attached hydrogens (tertiary/aromatic N) is 2. The van der Waals surface area contributed by atoms with Gasteiger partial charge in [-0.3, -0.25) is 0 Å². The maximum Gasteiger partial charge on any atom is 0.350 e. The summed E-state index contributed by atoms with van der Waals surface area (Å²) in [5.41, 5.74) is 6.47. The van der Waals surface area contributed by atoms with E-state index in [1.54, 1.807) is 71.1 Å². The number of methoxy groups -OCH3 is 10. The first-order valence-electron chi connectivity index (χ1n) is 23.2. The normalized spacial score (nSPS) is 19.4. The van der Waals surface area contributed by atoms with E-state index >= 15 is 0 Å². The molecule has 0 saturated heterocycles. The van der Waals surface area contributed by atoms with Crippen molar-refractivity contribution >= 4 is 23.5 Å². The Morgan fingerprint density at radius 3 is 1.47 bits per heavy atom. The standard InChI is InChI=1S/C53H69ClN2O14/c1-55(19-15-34-26-41(59-3)43(61-5)30-37(34)40(55)23-33-24-45(63-7)51(67-11)46(25-33)64-8)17-13-22-70-53(58)39(54)32-49(57)69-21-14-18-56(2)20-16-35-27-42(60-4)44(62-6)31-38(35)50(56)36-28-47(65-9)52(68-12)48(29-36)66-10/h24-32,40,50H,13-23H2,1-12H3/q+2/b39-32-/t40-,50-,55-,56-/m1/s1. The molecule has 0 amide bonds. The summed E-state index contributed by atoms with van der Waals surface area (Å²) in [6.07, 6.45) is 4.24. The summed E-state index contributed by atoms with van der Waals surface area (Å²) in [7, 11) is 20.5. The second kappa shape index (κ2) is 23.6. The minimum atomic E-state index is -0.804. The number of likely N-dealkylation sites (N-methyl/N-ethyl adjacent to an activating group) is 2. The van der Waals surface area contributed by atoms with Gasteiger partial charge in [0.25, 0.3) is 0 Å². The lowest BCUT2D eigenvalue weighted by molar-refractivity contribution is -0.941. The van der Waals surface area contributed by atoms with Crippen molar-refractivity contribution in [2.75, 3.05) is 125 Å². The van der Waals surface area contributed by atoms with Crippen LogP contribution in [0, 0.1) is 0 Å². The van der Waals surface area contributed by atoms with Gasteiger partial charge in [-0.05, 0) is 65.2 Å². The molecule has 0 spiro atoms. The third-order valence-electron chi connectivity index (χ3n) is 13.8. The predicted molar refractivity (Wildman–Crippen MR) is 264 cm³/mol. The highest BCUT2D eigenvalue weighted by atomic mass is 35.5. The number of halogens is 1. The number of benzene rings is 4.